The highest BCUT2D eigenvalue weighted by molar-refractivity contribution is 5.79. The summed E-state index contributed by atoms with van der Waals surface area (Å²) in [6.45, 7) is 16.4. The molecule has 4 aliphatic rings. The molecule has 1 saturated heterocycles. The maximum Gasteiger partial charge on any atom is 0.407 e. The molecule has 7 heteroatoms. The molecule has 41 heavy (non-hydrogen) atoms. The number of alkyl carbamates (subject to hydrolysis) is 1. The number of amides is 1. The number of hydrogen-bond donors (Lipinski definition) is 2. The van der Waals surface area contributed by atoms with Gasteiger partial charge in [-0.2, -0.15) is 0 Å². The molecular weight excluding hydrogens is 518 g/mol. The molecule has 0 aromatic heterocycles. The number of aliphatic hydroxyl groups is 1. The zero-order valence-corrected chi connectivity index (χ0v) is 24.8. The molecule has 7 atom stereocenters. The van der Waals surface area contributed by atoms with Crippen LogP contribution in [0, 0.1) is 16.7 Å². The molecule has 6 rings (SSSR count). The fourth-order valence-corrected chi connectivity index (χ4v) is 8.50. The van der Waals surface area contributed by atoms with E-state index in [0.29, 0.717) is 12.8 Å². The number of benzene rings is 2. The SMILES string of the molecule is C=C1C[C@@]23O[C@]2(c2ccccc21)C1C[C@H](OC(=O)[C@H](O)[C@H](Cc2ccccc2)NC(=O)OC(C)(C)C)[C@@]3(C)C1(C)C. The first-order chi connectivity index (χ1) is 19.2. The van der Waals surface area contributed by atoms with Crippen LogP contribution in [0.1, 0.15) is 71.1 Å². The molecule has 2 aromatic carbocycles. The van der Waals surface area contributed by atoms with Crippen LogP contribution in [-0.4, -0.2) is 46.6 Å². The Morgan fingerprint density at radius 1 is 1.10 bits per heavy atom. The number of rotatable bonds is 6. The van der Waals surface area contributed by atoms with Crippen molar-refractivity contribution in [2.75, 3.05) is 0 Å². The Morgan fingerprint density at radius 3 is 2.44 bits per heavy atom. The van der Waals surface area contributed by atoms with Crippen LogP contribution in [0.4, 0.5) is 4.79 Å². The van der Waals surface area contributed by atoms with Crippen LogP contribution < -0.4 is 5.32 Å². The van der Waals surface area contributed by atoms with E-state index in [1.165, 1.54) is 5.56 Å². The molecule has 2 saturated carbocycles. The molecule has 2 bridgehead atoms. The van der Waals surface area contributed by atoms with E-state index in [0.717, 1.165) is 16.7 Å². The highest BCUT2D eigenvalue weighted by Crippen LogP contribution is 2.89. The number of hydrogen-bond acceptors (Lipinski definition) is 6. The van der Waals surface area contributed by atoms with E-state index < -0.39 is 52.5 Å². The van der Waals surface area contributed by atoms with E-state index in [9.17, 15) is 14.7 Å². The number of fused-ring (bicyclic) bond motifs is 3. The number of carbonyl (C=O) groups is 2. The van der Waals surface area contributed by atoms with E-state index in [1.807, 2.05) is 36.4 Å². The summed E-state index contributed by atoms with van der Waals surface area (Å²) in [5, 5.41) is 14.0. The Morgan fingerprint density at radius 2 is 1.76 bits per heavy atom. The topological polar surface area (TPSA) is 97.4 Å². The van der Waals surface area contributed by atoms with Gasteiger partial charge in [-0.25, -0.2) is 9.59 Å². The molecule has 0 spiro atoms. The van der Waals surface area contributed by atoms with Gasteiger partial charge in [-0.3, -0.25) is 0 Å². The van der Waals surface area contributed by atoms with Crippen LogP contribution in [0.3, 0.4) is 0 Å². The van der Waals surface area contributed by atoms with Crippen molar-refractivity contribution in [3.05, 3.63) is 77.9 Å². The Hall–Kier alpha value is -3.16. The number of esters is 1. The smallest absolute Gasteiger partial charge is 0.407 e. The average molecular weight is 560 g/mol. The number of aliphatic hydroxyl groups excluding tert-OH is 1. The highest BCUT2D eigenvalue weighted by Gasteiger charge is 2.95. The lowest BCUT2D eigenvalue weighted by atomic mass is 9.59. The van der Waals surface area contributed by atoms with Crippen molar-refractivity contribution in [3.8, 4) is 0 Å². The van der Waals surface area contributed by atoms with Gasteiger partial charge < -0.3 is 24.6 Å². The van der Waals surface area contributed by atoms with Gasteiger partial charge in [-0.1, -0.05) is 81.9 Å². The van der Waals surface area contributed by atoms with Crippen molar-refractivity contribution in [2.24, 2.45) is 16.7 Å². The van der Waals surface area contributed by atoms with Crippen LogP contribution in [-0.2, 0) is 31.0 Å². The van der Waals surface area contributed by atoms with Gasteiger partial charge >= 0.3 is 12.1 Å². The summed E-state index contributed by atoms with van der Waals surface area (Å²) in [5.74, 6) is -0.626. The standard InChI is InChI=1S/C34H41NO6/c1-20-19-33-32(7)26(18-25(31(32,5)6)34(33,41-33)23-16-12-11-15-22(20)23)39-28(37)27(36)24(17-21-13-9-8-10-14-21)35-29(38)40-30(2,3)4/h8-16,24-27,36H,1,17-19H2,2-7H3,(H,35,38)/t24-,25?,26-,27+,32-,33-,34+/m0/s1. The van der Waals surface area contributed by atoms with Gasteiger partial charge in [0.15, 0.2) is 6.10 Å². The number of carbonyl (C=O) groups excluding carboxylic acids is 2. The largest absolute Gasteiger partial charge is 0.460 e. The molecule has 218 valence electrons. The molecule has 3 fully saturated rings. The van der Waals surface area contributed by atoms with Gasteiger partial charge in [0.2, 0.25) is 0 Å². The van der Waals surface area contributed by atoms with E-state index in [4.69, 9.17) is 14.2 Å². The third-order valence-electron chi connectivity index (χ3n) is 10.6. The maximum atomic E-state index is 13.6. The number of epoxide rings is 1. The molecule has 1 unspecified atom stereocenters. The summed E-state index contributed by atoms with van der Waals surface area (Å²) in [4.78, 5) is 26.3. The summed E-state index contributed by atoms with van der Waals surface area (Å²) in [7, 11) is 0. The quantitative estimate of drug-likeness (QED) is 0.356. The Kier molecular flexibility index (Phi) is 6.09. The first-order valence-corrected chi connectivity index (χ1v) is 14.6. The second kappa shape index (κ2) is 8.92. The highest BCUT2D eigenvalue weighted by atomic mass is 16.6. The summed E-state index contributed by atoms with van der Waals surface area (Å²) >= 11 is 0. The first kappa shape index (κ1) is 28.0. The summed E-state index contributed by atoms with van der Waals surface area (Å²) < 4.78 is 18.5. The summed E-state index contributed by atoms with van der Waals surface area (Å²) in [6.07, 6.45) is -1.21. The van der Waals surface area contributed by atoms with E-state index in [2.05, 4.69) is 50.9 Å². The predicted octanol–water partition coefficient (Wildman–Crippen LogP) is 5.54. The van der Waals surface area contributed by atoms with Crippen LogP contribution in [0.15, 0.2) is 61.2 Å². The minimum Gasteiger partial charge on any atom is -0.460 e. The van der Waals surface area contributed by atoms with E-state index in [1.54, 1.807) is 20.8 Å². The molecule has 2 aromatic rings. The van der Waals surface area contributed by atoms with Crippen LogP contribution in [0.5, 0.6) is 0 Å². The first-order valence-electron chi connectivity index (χ1n) is 14.6. The minimum atomic E-state index is -1.59. The molecule has 2 N–H and O–H groups in total. The van der Waals surface area contributed by atoms with Gasteiger partial charge in [0.05, 0.1) is 6.04 Å². The normalized spacial score (nSPS) is 33.6. The van der Waals surface area contributed by atoms with Gasteiger partial charge in [-0.15, -0.1) is 0 Å². The number of nitrogens with one attached hydrogen (secondary N) is 1. The second-order valence-electron chi connectivity index (χ2n) is 14.0. The van der Waals surface area contributed by atoms with Crippen molar-refractivity contribution < 1.29 is 28.9 Å². The second-order valence-corrected chi connectivity index (χ2v) is 14.0. The lowest BCUT2D eigenvalue weighted by Crippen LogP contribution is -2.54. The van der Waals surface area contributed by atoms with Crippen molar-refractivity contribution >= 4 is 17.6 Å². The number of ether oxygens (including phenoxy) is 3. The third kappa shape index (κ3) is 3.77. The Bertz CT molecular complexity index is 1410. The van der Waals surface area contributed by atoms with Crippen molar-refractivity contribution in [1.82, 2.24) is 5.32 Å². The van der Waals surface area contributed by atoms with Gasteiger partial charge in [0, 0.05) is 17.8 Å². The van der Waals surface area contributed by atoms with E-state index in [-0.39, 0.29) is 17.8 Å². The average Bonchev–Trinajstić information content (AvgIpc) is 3.53. The summed E-state index contributed by atoms with van der Waals surface area (Å²) in [6, 6.07) is 16.9. The molecule has 1 amide bonds. The van der Waals surface area contributed by atoms with Crippen molar-refractivity contribution in [3.63, 3.8) is 0 Å². The molecule has 3 aliphatic carbocycles. The Labute approximate surface area is 242 Å². The van der Waals surface area contributed by atoms with Gasteiger partial charge in [0.25, 0.3) is 0 Å². The van der Waals surface area contributed by atoms with Crippen LogP contribution >= 0.6 is 0 Å². The predicted molar refractivity (Wildman–Crippen MR) is 155 cm³/mol. The third-order valence-corrected chi connectivity index (χ3v) is 10.6. The molecular formula is C34H41NO6. The van der Waals surface area contributed by atoms with Gasteiger partial charge in [-0.05, 0) is 61.3 Å². The summed E-state index contributed by atoms with van der Waals surface area (Å²) in [5.41, 5.74) is 1.87. The zero-order valence-electron chi connectivity index (χ0n) is 24.8. The molecule has 1 aliphatic heterocycles. The molecule has 0 radical (unpaired) electrons. The van der Waals surface area contributed by atoms with Gasteiger partial charge in [0.1, 0.15) is 22.9 Å². The monoisotopic (exact) mass is 559 g/mol. The molecule has 1 heterocycles. The lowest BCUT2D eigenvalue weighted by Gasteiger charge is -2.45. The van der Waals surface area contributed by atoms with E-state index >= 15 is 0 Å². The fraction of sp³-hybridized carbons (Fsp3) is 0.529. The minimum absolute atomic E-state index is 0.129. The lowest BCUT2D eigenvalue weighted by molar-refractivity contribution is -0.172. The maximum absolute atomic E-state index is 13.6. The zero-order chi connectivity index (χ0) is 29.6. The van der Waals surface area contributed by atoms with Crippen molar-refractivity contribution in [1.29, 1.82) is 0 Å². The Balaban J connectivity index is 1.26. The van der Waals surface area contributed by atoms with Crippen LogP contribution in [0.2, 0.25) is 0 Å². The molecule has 7 nitrogen and oxygen atoms in total. The van der Waals surface area contributed by atoms with Crippen LogP contribution in [0.25, 0.3) is 5.57 Å². The fourth-order valence-electron chi connectivity index (χ4n) is 8.50. The van der Waals surface area contributed by atoms with Crippen molar-refractivity contribution in [2.45, 2.75) is 95.9 Å².